The highest BCUT2D eigenvalue weighted by Gasteiger charge is 2.58. The molecule has 99 heavy (non-hydrogen) atoms. The maximum atomic E-state index is 14.3. The standard InChI is InChI=1S/C74H135O24P/c1-4-7-10-13-16-19-22-25-28-31-33-36-39-42-45-48-58(76)90-52-55(93-60(78)50-47-44-41-38-35-30-27-24-21-18-15-12-9-6-3)53-92-99(88,89)98-72-70(96-73-68(86)63(81)61(79)56(51-75)94-73)66(84)65(83)67(85)71(72)97-74-69(87)64(82)62(80)57(95-74)54-91-59(77)49-46-43-40-37-34-32-29-26-23-20-17-14-11-8-5-2/h20,23,30,35,55-57,61-75,79-87H,4-19,21-22,24-29,31-34,36-54H2,1-3H3,(H,88,89)/b23-20-,35-30-. The van der Waals surface area contributed by atoms with Crippen molar-refractivity contribution in [2.45, 2.75) is 401 Å². The third-order valence-corrected chi connectivity index (χ3v) is 19.9. The van der Waals surface area contributed by atoms with E-state index in [9.17, 15) is 74.9 Å². The first-order valence-electron chi connectivity index (χ1n) is 38.6. The van der Waals surface area contributed by atoms with Gasteiger partial charge < -0.3 is 89.1 Å². The van der Waals surface area contributed by atoms with Crippen LogP contribution in [0.5, 0.6) is 0 Å². The SMILES string of the molecule is CCCCCC/C=C\CCCCCCCCCC(=O)OCC1OC(OC2C(O)C(O)C(O)C(OC3OC(CO)C(O)C(O)C3O)C2OP(=O)(O)OCC(COC(=O)CCCCCCCCCCCCCCCCC)OC(=O)CCCCC/C=C\CCCCCCCCC)C(O)C(O)C1O. The fourth-order valence-electron chi connectivity index (χ4n) is 12.6. The van der Waals surface area contributed by atoms with Gasteiger partial charge in [-0.15, -0.1) is 0 Å². The number of unbranched alkanes of at least 4 members (excludes halogenated alkanes) is 35. The topological polar surface area (TPSA) is 374 Å². The number of rotatable bonds is 60. The van der Waals surface area contributed by atoms with E-state index in [4.69, 9.17) is 42.2 Å². The van der Waals surface area contributed by atoms with Gasteiger partial charge in [-0.1, -0.05) is 231 Å². The number of carbonyl (C=O) groups excluding carboxylic acids is 3. The number of ether oxygens (including phenoxy) is 7. The number of esters is 3. The van der Waals surface area contributed by atoms with Crippen LogP contribution in [0.2, 0.25) is 0 Å². The largest absolute Gasteiger partial charge is 0.472 e. The maximum absolute atomic E-state index is 14.3. The second-order valence-electron chi connectivity index (χ2n) is 27.7. The molecule has 1 saturated carbocycles. The lowest BCUT2D eigenvalue weighted by Crippen LogP contribution is -2.69. The summed E-state index contributed by atoms with van der Waals surface area (Å²) in [7, 11) is -5.70. The fraction of sp³-hybridized carbons (Fsp3) is 0.905. The van der Waals surface area contributed by atoms with Gasteiger partial charge in [0.15, 0.2) is 18.7 Å². The van der Waals surface area contributed by atoms with Crippen molar-refractivity contribution in [1.82, 2.24) is 0 Å². The second kappa shape index (κ2) is 55.9. The second-order valence-corrected chi connectivity index (χ2v) is 29.1. The van der Waals surface area contributed by atoms with Crippen LogP contribution in [0.3, 0.4) is 0 Å². The van der Waals surface area contributed by atoms with Gasteiger partial charge in [0.1, 0.15) is 98.7 Å². The average Bonchev–Trinajstić information content (AvgIpc) is 0.762. The Hall–Kier alpha value is -2.56. The van der Waals surface area contributed by atoms with E-state index in [-0.39, 0.29) is 19.3 Å². The lowest BCUT2D eigenvalue weighted by atomic mass is 9.84. The lowest BCUT2D eigenvalue weighted by molar-refractivity contribution is -0.360. The minimum absolute atomic E-state index is 0.0230. The third-order valence-electron chi connectivity index (χ3n) is 19.0. The molecule has 0 aromatic carbocycles. The normalized spacial score (nSPS) is 27.6. The van der Waals surface area contributed by atoms with Gasteiger partial charge in [0.2, 0.25) is 0 Å². The van der Waals surface area contributed by atoms with Crippen molar-refractivity contribution < 1.29 is 117 Å². The molecule has 3 fully saturated rings. The molecule has 0 radical (unpaired) electrons. The summed E-state index contributed by atoms with van der Waals surface area (Å²) in [5, 5.41) is 110. The fourth-order valence-corrected chi connectivity index (χ4v) is 13.6. The molecule has 2 aliphatic heterocycles. The minimum atomic E-state index is -5.70. The number of aliphatic hydroxyl groups excluding tert-OH is 10. The molecule has 18 atom stereocenters. The van der Waals surface area contributed by atoms with Gasteiger partial charge in [0, 0.05) is 19.3 Å². The molecule has 25 heteroatoms. The zero-order valence-electron chi connectivity index (χ0n) is 60.5. The number of aliphatic hydroxyl groups is 10. The van der Waals surface area contributed by atoms with Crippen molar-refractivity contribution in [1.29, 1.82) is 0 Å². The van der Waals surface area contributed by atoms with E-state index in [1.807, 2.05) is 0 Å². The number of phosphoric acid groups is 1. The van der Waals surface area contributed by atoms with Gasteiger partial charge in [-0.3, -0.25) is 23.4 Å². The first-order valence-corrected chi connectivity index (χ1v) is 40.1. The highest BCUT2D eigenvalue weighted by molar-refractivity contribution is 7.47. The molecule has 1 aliphatic carbocycles. The summed E-state index contributed by atoms with van der Waals surface area (Å²) in [5.41, 5.74) is 0. The molecule has 18 unspecified atom stereocenters. The molecule has 24 nitrogen and oxygen atoms in total. The van der Waals surface area contributed by atoms with Crippen molar-refractivity contribution in [3.63, 3.8) is 0 Å². The smallest absolute Gasteiger partial charge is 0.463 e. The number of carbonyl (C=O) groups is 3. The van der Waals surface area contributed by atoms with Gasteiger partial charge >= 0.3 is 25.7 Å². The molecule has 3 aliphatic rings. The van der Waals surface area contributed by atoms with Crippen LogP contribution < -0.4 is 0 Å². The van der Waals surface area contributed by atoms with Crippen LogP contribution in [-0.2, 0) is 61.2 Å². The van der Waals surface area contributed by atoms with Crippen molar-refractivity contribution in [2.24, 2.45) is 0 Å². The van der Waals surface area contributed by atoms with Gasteiger partial charge in [-0.2, -0.15) is 0 Å². The number of hydrogen-bond acceptors (Lipinski definition) is 23. The molecule has 3 rings (SSSR count). The number of hydrogen-bond donors (Lipinski definition) is 11. The molecular formula is C74H135O24P. The summed E-state index contributed by atoms with van der Waals surface area (Å²) >= 11 is 0. The Kier molecular flexibility index (Phi) is 51.2. The lowest BCUT2D eigenvalue weighted by Gasteiger charge is -2.49. The Labute approximate surface area is 592 Å². The molecule has 0 bridgehead atoms. The molecule has 0 aromatic rings. The van der Waals surface area contributed by atoms with Crippen LogP contribution in [0.4, 0.5) is 0 Å². The first kappa shape index (κ1) is 90.7. The van der Waals surface area contributed by atoms with Crippen LogP contribution >= 0.6 is 7.82 Å². The zero-order valence-corrected chi connectivity index (χ0v) is 61.4. The molecular weight excluding hydrogens is 1300 g/mol. The van der Waals surface area contributed by atoms with Crippen molar-refractivity contribution in [3.05, 3.63) is 24.3 Å². The van der Waals surface area contributed by atoms with Gasteiger partial charge in [0.05, 0.1) is 13.2 Å². The Morgan fingerprint density at radius 2 is 0.707 bits per heavy atom. The van der Waals surface area contributed by atoms with Crippen molar-refractivity contribution in [3.8, 4) is 0 Å². The maximum Gasteiger partial charge on any atom is 0.472 e. The minimum Gasteiger partial charge on any atom is -0.463 e. The Balaban J connectivity index is 1.73. The molecule has 0 aromatic heterocycles. The Morgan fingerprint density at radius 1 is 0.384 bits per heavy atom. The summed E-state index contributed by atoms with van der Waals surface area (Å²) in [6, 6.07) is 0. The van der Waals surface area contributed by atoms with Gasteiger partial charge in [-0.25, -0.2) is 4.57 Å². The molecule has 0 spiro atoms. The van der Waals surface area contributed by atoms with E-state index < -0.39 is 156 Å². The Bertz CT molecular complexity index is 2140. The summed E-state index contributed by atoms with van der Waals surface area (Å²) in [6.45, 7) is 3.43. The summed E-state index contributed by atoms with van der Waals surface area (Å²) in [6.07, 6.45) is 16.6. The predicted molar refractivity (Wildman–Crippen MR) is 374 cm³/mol. The van der Waals surface area contributed by atoms with Crippen LogP contribution in [0.1, 0.15) is 297 Å². The van der Waals surface area contributed by atoms with Crippen LogP contribution in [0.25, 0.3) is 0 Å². The van der Waals surface area contributed by atoms with E-state index in [0.717, 1.165) is 109 Å². The molecule has 2 saturated heterocycles. The van der Waals surface area contributed by atoms with E-state index in [1.54, 1.807) is 0 Å². The zero-order chi connectivity index (χ0) is 72.5. The van der Waals surface area contributed by atoms with E-state index in [0.29, 0.717) is 25.7 Å². The van der Waals surface area contributed by atoms with E-state index >= 15 is 0 Å². The molecule has 0 amide bonds. The average molecular weight is 1440 g/mol. The number of phosphoric ester groups is 1. The predicted octanol–water partition coefficient (Wildman–Crippen LogP) is 10.9. The van der Waals surface area contributed by atoms with Crippen LogP contribution in [0.15, 0.2) is 24.3 Å². The number of allylic oxidation sites excluding steroid dienone is 4. The highest BCUT2D eigenvalue weighted by Crippen LogP contribution is 2.49. The monoisotopic (exact) mass is 1440 g/mol. The Morgan fingerprint density at radius 3 is 1.11 bits per heavy atom. The van der Waals surface area contributed by atoms with E-state index in [2.05, 4.69) is 45.1 Å². The summed E-state index contributed by atoms with van der Waals surface area (Å²) in [5.74, 6) is -2.01. The van der Waals surface area contributed by atoms with Crippen LogP contribution in [0, 0.1) is 0 Å². The highest BCUT2D eigenvalue weighted by atomic mass is 31.2. The molecule has 580 valence electrons. The van der Waals surface area contributed by atoms with Crippen LogP contribution in [-0.4, -0.2) is 204 Å². The third kappa shape index (κ3) is 38.9. The van der Waals surface area contributed by atoms with Crippen molar-refractivity contribution >= 4 is 25.7 Å². The first-order chi connectivity index (χ1) is 47.8. The summed E-state index contributed by atoms with van der Waals surface area (Å²) in [4.78, 5) is 51.0. The quantitative estimate of drug-likeness (QED) is 0.00886. The van der Waals surface area contributed by atoms with Gasteiger partial charge in [-0.05, 0) is 70.6 Å². The van der Waals surface area contributed by atoms with Crippen molar-refractivity contribution in [2.75, 3.05) is 26.4 Å². The summed E-state index contributed by atoms with van der Waals surface area (Å²) < 4.78 is 65.0. The molecule has 11 N–H and O–H groups in total. The van der Waals surface area contributed by atoms with E-state index in [1.165, 1.54) is 122 Å². The van der Waals surface area contributed by atoms with Gasteiger partial charge in [0.25, 0.3) is 0 Å². The molecule has 2 heterocycles.